The number of aromatic nitrogens is 2. The van der Waals surface area contributed by atoms with Crippen molar-refractivity contribution < 1.29 is 0 Å². The van der Waals surface area contributed by atoms with Crippen LogP contribution in [0.15, 0.2) is 4.79 Å². The zero-order chi connectivity index (χ0) is 14.7. The third kappa shape index (κ3) is 3.42. The minimum atomic E-state index is -0.0228. The molecule has 0 aromatic carbocycles. The van der Waals surface area contributed by atoms with Gasteiger partial charge in [0.25, 0.3) is 5.56 Å². The van der Waals surface area contributed by atoms with Crippen LogP contribution in [0.2, 0.25) is 0 Å². The van der Waals surface area contributed by atoms with Gasteiger partial charge in [0.15, 0.2) is 0 Å². The van der Waals surface area contributed by atoms with E-state index in [1.54, 1.807) is 11.3 Å². The van der Waals surface area contributed by atoms with Crippen molar-refractivity contribution in [1.82, 2.24) is 15.3 Å². The smallest absolute Gasteiger partial charge is 0.259 e. The van der Waals surface area contributed by atoms with Gasteiger partial charge >= 0.3 is 0 Å². The number of hydrogen-bond donors (Lipinski definition) is 2. The van der Waals surface area contributed by atoms with Crippen molar-refractivity contribution in [3.05, 3.63) is 26.6 Å². The van der Waals surface area contributed by atoms with Gasteiger partial charge in [-0.15, -0.1) is 11.3 Å². The Hall–Kier alpha value is -0.850. The van der Waals surface area contributed by atoms with Crippen LogP contribution >= 0.6 is 23.1 Å². The number of H-pyrrole nitrogens is 1. The number of aryl methyl sites for hydroxylation is 2. The van der Waals surface area contributed by atoms with Crippen molar-refractivity contribution in [3.8, 4) is 0 Å². The molecular formula is C14H21N3OS2. The topological polar surface area (TPSA) is 57.8 Å². The molecule has 0 saturated carbocycles. The van der Waals surface area contributed by atoms with Crippen LogP contribution < -0.4 is 10.9 Å². The van der Waals surface area contributed by atoms with Gasteiger partial charge in [-0.3, -0.25) is 4.79 Å². The van der Waals surface area contributed by atoms with Crippen molar-refractivity contribution in [2.75, 3.05) is 12.0 Å². The lowest BCUT2D eigenvalue weighted by atomic mass is 10.2. The highest BCUT2D eigenvalue weighted by molar-refractivity contribution is 7.98. The number of nitrogens with zero attached hydrogens (tertiary/aromatic N) is 1. The second-order valence-corrected chi connectivity index (χ2v) is 7.23. The van der Waals surface area contributed by atoms with Gasteiger partial charge in [-0.2, -0.15) is 11.8 Å². The van der Waals surface area contributed by atoms with Gasteiger partial charge in [0.2, 0.25) is 0 Å². The molecule has 20 heavy (non-hydrogen) atoms. The van der Waals surface area contributed by atoms with Gasteiger partial charge < -0.3 is 10.3 Å². The van der Waals surface area contributed by atoms with Gasteiger partial charge in [0.05, 0.1) is 11.9 Å². The van der Waals surface area contributed by atoms with Crippen molar-refractivity contribution in [2.45, 2.75) is 39.8 Å². The first-order valence-electron chi connectivity index (χ1n) is 6.74. The van der Waals surface area contributed by atoms with Crippen LogP contribution in [0.25, 0.3) is 10.2 Å². The van der Waals surface area contributed by atoms with Crippen LogP contribution in [0.5, 0.6) is 0 Å². The molecule has 1 unspecified atom stereocenters. The van der Waals surface area contributed by atoms with Crippen LogP contribution in [0, 0.1) is 13.8 Å². The number of thioether (sulfide) groups is 1. The maximum Gasteiger partial charge on any atom is 0.259 e. The van der Waals surface area contributed by atoms with Crippen LogP contribution in [0.3, 0.4) is 0 Å². The molecule has 0 aliphatic carbocycles. The van der Waals surface area contributed by atoms with Gasteiger partial charge in [0, 0.05) is 10.9 Å². The molecule has 2 aromatic rings. The molecule has 6 heteroatoms. The Labute approximate surface area is 127 Å². The third-order valence-corrected chi connectivity index (χ3v) is 5.21. The lowest BCUT2D eigenvalue weighted by Crippen LogP contribution is -2.28. The van der Waals surface area contributed by atoms with Crippen LogP contribution in [-0.2, 0) is 6.54 Å². The quantitative estimate of drug-likeness (QED) is 0.861. The monoisotopic (exact) mass is 311 g/mol. The summed E-state index contributed by atoms with van der Waals surface area (Å²) in [7, 11) is 0. The summed E-state index contributed by atoms with van der Waals surface area (Å²) in [5.74, 6) is 1.86. The highest BCUT2D eigenvalue weighted by Crippen LogP contribution is 2.25. The maximum absolute atomic E-state index is 12.1. The van der Waals surface area contributed by atoms with Crippen LogP contribution in [0.4, 0.5) is 0 Å². The summed E-state index contributed by atoms with van der Waals surface area (Å²) in [4.78, 5) is 21.6. The molecule has 0 aliphatic rings. The highest BCUT2D eigenvalue weighted by Gasteiger charge is 2.12. The summed E-state index contributed by atoms with van der Waals surface area (Å²) >= 11 is 3.44. The molecule has 1 atom stereocenters. The van der Waals surface area contributed by atoms with E-state index in [4.69, 9.17) is 0 Å². The Morgan fingerprint density at radius 1 is 1.45 bits per heavy atom. The van der Waals surface area contributed by atoms with E-state index in [2.05, 4.69) is 28.5 Å². The minimum absolute atomic E-state index is 0.0228. The fraction of sp³-hybridized carbons (Fsp3) is 0.571. The van der Waals surface area contributed by atoms with Crippen LogP contribution in [-0.4, -0.2) is 28.0 Å². The molecule has 0 bridgehead atoms. The van der Waals surface area contributed by atoms with Gasteiger partial charge in [-0.25, -0.2) is 4.98 Å². The number of hydrogen-bond acceptors (Lipinski definition) is 5. The van der Waals surface area contributed by atoms with E-state index in [1.807, 2.05) is 25.6 Å². The van der Waals surface area contributed by atoms with E-state index in [1.165, 1.54) is 0 Å². The molecular weight excluding hydrogens is 290 g/mol. The van der Waals surface area contributed by atoms with Gasteiger partial charge in [-0.1, -0.05) is 0 Å². The zero-order valence-electron chi connectivity index (χ0n) is 12.4. The molecule has 4 nitrogen and oxygen atoms in total. The number of aromatic amines is 1. The van der Waals surface area contributed by atoms with Crippen LogP contribution in [0.1, 0.15) is 29.6 Å². The lowest BCUT2D eigenvalue weighted by Gasteiger charge is -2.12. The predicted octanol–water partition coefficient (Wildman–Crippen LogP) is 2.83. The molecule has 0 amide bonds. The third-order valence-electron chi connectivity index (χ3n) is 3.46. The van der Waals surface area contributed by atoms with Gasteiger partial charge in [0.1, 0.15) is 10.7 Å². The average Bonchev–Trinajstić information content (AvgIpc) is 2.69. The van der Waals surface area contributed by atoms with Crippen molar-refractivity contribution >= 4 is 33.3 Å². The Bertz CT molecular complexity index is 648. The summed E-state index contributed by atoms with van der Waals surface area (Å²) in [5, 5.41) is 4.15. The molecule has 0 aliphatic heterocycles. The number of nitrogens with one attached hydrogen (secondary N) is 2. The molecule has 2 heterocycles. The summed E-state index contributed by atoms with van der Waals surface area (Å²) < 4.78 is 0. The van der Waals surface area contributed by atoms with Crippen molar-refractivity contribution in [2.24, 2.45) is 0 Å². The SMILES string of the molecule is CSCCC(C)NCc1nc2sc(C)c(C)c2c(=O)[nH]1. The first kappa shape index (κ1) is 15.5. The first-order chi connectivity index (χ1) is 9.52. The summed E-state index contributed by atoms with van der Waals surface area (Å²) in [6.07, 6.45) is 3.23. The highest BCUT2D eigenvalue weighted by atomic mass is 32.2. The fourth-order valence-corrected chi connectivity index (χ4v) is 3.69. The van der Waals surface area contributed by atoms with E-state index in [0.717, 1.165) is 38.7 Å². The fourth-order valence-electron chi connectivity index (χ4n) is 2.05. The predicted molar refractivity (Wildman–Crippen MR) is 89.0 cm³/mol. The van der Waals surface area contributed by atoms with E-state index in [-0.39, 0.29) is 5.56 Å². The molecule has 0 saturated heterocycles. The Morgan fingerprint density at radius 3 is 2.90 bits per heavy atom. The molecule has 110 valence electrons. The Morgan fingerprint density at radius 2 is 2.20 bits per heavy atom. The molecule has 2 N–H and O–H groups in total. The zero-order valence-corrected chi connectivity index (χ0v) is 14.0. The lowest BCUT2D eigenvalue weighted by molar-refractivity contribution is 0.526. The standard InChI is InChI=1S/C14H21N3OS2/c1-8(5-6-19-4)15-7-11-16-13(18)12-9(2)10(3)20-14(12)17-11/h8,15H,5-7H2,1-4H3,(H,16,17,18). The molecule has 0 fully saturated rings. The molecule has 0 radical (unpaired) electrons. The van der Waals surface area contributed by atoms with E-state index in [0.29, 0.717) is 12.6 Å². The minimum Gasteiger partial charge on any atom is -0.309 e. The van der Waals surface area contributed by atoms with E-state index >= 15 is 0 Å². The summed E-state index contributed by atoms with van der Waals surface area (Å²) in [6.45, 7) is 6.78. The number of rotatable bonds is 6. The molecule has 2 rings (SSSR count). The Balaban J connectivity index is 2.14. The number of thiophene rings is 1. The second kappa shape index (κ2) is 6.74. The second-order valence-electron chi connectivity index (χ2n) is 5.04. The molecule has 0 spiro atoms. The molecule has 2 aromatic heterocycles. The summed E-state index contributed by atoms with van der Waals surface area (Å²) in [5.41, 5.74) is 1.03. The average molecular weight is 311 g/mol. The maximum atomic E-state index is 12.1. The van der Waals surface area contributed by atoms with E-state index in [9.17, 15) is 4.79 Å². The van der Waals surface area contributed by atoms with Crippen molar-refractivity contribution in [1.29, 1.82) is 0 Å². The largest absolute Gasteiger partial charge is 0.309 e. The van der Waals surface area contributed by atoms with Gasteiger partial charge in [-0.05, 0) is 44.8 Å². The Kier molecular flexibility index (Phi) is 5.23. The van der Waals surface area contributed by atoms with Crippen molar-refractivity contribution in [3.63, 3.8) is 0 Å². The normalized spacial score (nSPS) is 13.0. The number of fused-ring (bicyclic) bond motifs is 1. The summed E-state index contributed by atoms with van der Waals surface area (Å²) in [6, 6.07) is 0.426. The van der Waals surface area contributed by atoms with E-state index < -0.39 is 0 Å². The first-order valence-corrected chi connectivity index (χ1v) is 8.95.